The summed E-state index contributed by atoms with van der Waals surface area (Å²) in [6.07, 6.45) is 1.83. The second-order valence-electron chi connectivity index (χ2n) is 5.76. The minimum atomic E-state index is -3.78. The van der Waals surface area contributed by atoms with Crippen LogP contribution in [0.4, 0.5) is 0 Å². The van der Waals surface area contributed by atoms with Gasteiger partial charge in [-0.05, 0) is 56.4 Å². The Morgan fingerprint density at radius 1 is 1.26 bits per heavy atom. The number of ether oxygens (including phenoxy) is 1. The van der Waals surface area contributed by atoms with E-state index in [2.05, 4.69) is 4.72 Å². The van der Waals surface area contributed by atoms with Crippen LogP contribution in [-0.2, 0) is 24.3 Å². The van der Waals surface area contributed by atoms with Crippen LogP contribution in [0.25, 0.3) is 0 Å². The quantitative estimate of drug-likeness (QED) is 0.824. The van der Waals surface area contributed by atoms with E-state index in [9.17, 15) is 18.0 Å². The fraction of sp³-hybridized carbons (Fsp3) is 0.500. The third-order valence-electron chi connectivity index (χ3n) is 3.97. The van der Waals surface area contributed by atoms with Crippen molar-refractivity contribution in [3.05, 3.63) is 29.3 Å². The Labute approximate surface area is 136 Å². The summed E-state index contributed by atoms with van der Waals surface area (Å²) in [4.78, 5) is 23.5. The molecule has 0 bridgehead atoms. The molecular formula is C16H21NO5S. The van der Waals surface area contributed by atoms with Crippen molar-refractivity contribution >= 4 is 21.8 Å². The zero-order chi connectivity index (χ0) is 17.0. The number of nitrogens with one attached hydrogen (secondary N) is 1. The molecule has 0 saturated heterocycles. The highest BCUT2D eigenvalue weighted by atomic mass is 32.2. The van der Waals surface area contributed by atoms with E-state index in [1.807, 2.05) is 13.8 Å². The van der Waals surface area contributed by atoms with E-state index in [1.165, 1.54) is 6.07 Å². The first-order valence-corrected chi connectivity index (χ1v) is 9.07. The second kappa shape index (κ2) is 7.23. The van der Waals surface area contributed by atoms with Crippen LogP contribution in [0.3, 0.4) is 0 Å². The van der Waals surface area contributed by atoms with Crippen molar-refractivity contribution in [2.45, 2.75) is 50.5 Å². The summed E-state index contributed by atoms with van der Waals surface area (Å²) in [5.74, 6) is -0.834. The highest BCUT2D eigenvalue weighted by molar-refractivity contribution is 7.89. The fourth-order valence-electron chi connectivity index (χ4n) is 2.39. The Morgan fingerprint density at radius 3 is 2.65 bits per heavy atom. The van der Waals surface area contributed by atoms with Crippen LogP contribution in [0.15, 0.2) is 23.1 Å². The summed E-state index contributed by atoms with van der Waals surface area (Å²) in [5, 5.41) is 0. The van der Waals surface area contributed by atoms with Crippen molar-refractivity contribution in [3.8, 4) is 0 Å². The smallest absolute Gasteiger partial charge is 0.321 e. The molecule has 1 fully saturated rings. The van der Waals surface area contributed by atoms with E-state index >= 15 is 0 Å². The number of aryl methyl sites for hydroxylation is 2. The normalized spacial score (nSPS) is 18.7. The van der Waals surface area contributed by atoms with Gasteiger partial charge in [-0.15, -0.1) is 0 Å². The molecule has 1 aliphatic rings. The molecule has 1 saturated carbocycles. The van der Waals surface area contributed by atoms with Crippen LogP contribution in [0.2, 0.25) is 0 Å². The van der Waals surface area contributed by atoms with Gasteiger partial charge in [0.1, 0.15) is 6.54 Å². The largest absolute Gasteiger partial charge is 0.453 e. The summed E-state index contributed by atoms with van der Waals surface area (Å²) < 4.78 is 31.6. The highest BCUT2D eigenvalue weighted by Crippen LogP contribution is 2.18. The van der Waals surface area contributed by atoms with Gasteiger partial charge in [-0.1, -0.05) is 6.07 Å². The number of carbonyl (C=O) groups excluding carboxylic acids is 2. The Hall–Kier alpha value is -1.73. The zero-order valence-corrected chi connectivity index (χ0v) is 14.1. The third kappa shape index (κ3) is 4.62. The molecule has 0 aliphatic heterocycles. The minimum Gasteiger partial charge on any atom is -0.453 e. The van der Waals surface area contributed by atoms with Crippen molar-refractivity contribution in [1.29, 1.82) is 0 Å². The van der Waals surface area contributed by atoms with Crippen LogP contribution < -0.4 is 4.72 Å². The van der Waals surface area contributed by atoms with Crippen molar-refractivity contribution < 1.29 is 22.7 Å². The molecule has 1 aliphatic carbocycles. The lowest BCUT2D eigenvalue weighted by Gasteiger charge is -2.20. The predicted octanol–water partition coefficient (Wildman–Crippen LogP) is 1.64. The van der Waals surface area contributed by atoms with Crippen LogP contribution in [-0.4, -0.2) is 32.8 Å². The first kappa shape index (κ1) is 17.6. The van der Waals surface area contributed by atoms with E-state index in [0.29, 0.717) is 12.8 Å². The van der Waals surface area contributed by atoms with Crippen LogP contribution in [0.5, 0.6) is 0 Å². The van der Waals surface area contributed by atoms with Crippen molar-refractivity contribution in [2.24, 2.45) is 0 Å². The van der Waals surface area contributed by atoms with Gasteiger partial charge >= 0.3 is 5.97 Å². The Balaban J connectivity index is 1.94. The van der Waals surface area contributed by atoms with E-state index in [4.69, 9.17) is 4.74 Å². The molecule has 2 rings (SSSR count). The van der Waals surface area contributed by atoms with Crippen molar-refractivity contribution in [2.75, 3.05) is 6.54 Å². The predicted molar refractivity (Wildman–Crippen MR) is 84.5 cm³/mol. The summed E-state index contributed by atoms with van der Waals surface area (Å²) in [6, 6.07) is 4.75. The fourth-order valence-corrected chi connectivity index (χ4v) is 3.45. The average Bonchev–Trinajstić information content (AvgIpc) is 2.50. The lowest BCUT2D eigenvalue weighted by atomic mass is 9.96. The molecule has 6 nitrogen and oxygen atoms in total. The number of sulfonamides is 1. The van der Waals surface area contributed by atoms with Crippen molar-refractivity contribution in [3.63, 3.8) is 0 Å². The van der Waals surface area contributed by atoms with Gasteiger partial charge < -0.3 is 4.74 Å². The monoisotopic (exact) mass is 339 g/mol. The van der Waals surface area contributed by atoms with E-state index < -0.39 is 28.6 Å². The molecule has 0 unspecified atom stereocenters. The molecule has 23 heavy (non-hydrogen) atoms. The first-order chi connectivity index (χ1) is 10.8. The molecule has 1 N–H and O–H groups in total. The molecule has 0 spiro atoms. The van der Waals surface area contributed by atoms with Gasteiger partial charge in [-0.2, -0.15) is 4.72 Å². The van der Waals surface area contributed by atoms with Crippen LogP contribution in [0, 0.1) is 13.8 Å². The third-order valence-corrected chi connectivity index (χ3v) is 5.37. The Kier molecular flexibility index (Phi) is 5.54. The van der Waals surface area contributed by atoms with Gasteiger partial charge in [0.05, 0.1) is 4.90 Å². The zero-order valence-electron chi connectivity index (χ0n) is 13.3. The number of hydrogen-bond acceptors (Lipinski definition) is 5. The topological polar surface area (TPSA) is 89.5 Å². The Bertz CT molecular complexity index is 711. The number of esters is 1. The van der Waals surface area contributed by atoms with Gasteiger partial charge in [0.2, 0.25) is 10.0 Å². The summed E-state index contributed by atoms with van der Waals surface area (Å²) in [5.41, 5.74) is 1.84. The van der Waals surface area contributed by atoms with Gasteiger partial charge in [0.15, 0.2) is 11.9 Å². The molecular weight excluding hydrogens is 318 g/mol. The highest BCUT2D eigenvalue weighted by Gasteiger charge is 2.26. The number of rotatable bonds is 5. The van der Waals surface area contributed by atoms with Crippen LogP contribution >= 0.6 is 0 Å². The van der Waals surface area contributed by atoms with Gasteiger partial charge in [0, 0.05) is 6.42 Å². The average molecular weight is 339 g/mol. The Morgan fingerprint density at radius 2 is 2.00 bits per heavy atom. The summed E-state index contributed by atoms with van der Waals surface area (Å²) in [6.45, 7) is 3.22. The maximum atomic E-state index is 12.2. The lowest BCUT2D eigenvalue weighted by Crippen LogP contribution is -2.36. The minimum absolute atomic E-state index is 0.0957. The molecule has 1 atom stereocenters. The van der Waals surface area contributed by atoms with E-state index in [-0.39, 0.29) is 10.7 Å². The van der Waals surface area contributed by atoms with Gasteiger partial charge in [0.25, 0.3) is 0 Å². The molecule has 1 aromatic carbocycles. The standard InChI is InChI=1S/C16H21NO5S/c1-11-7-8-13(9-12(11)2)23(20,21)17-10-16(19)22-15-6-4-3-5-14(15)18/h7-9,15,17H,3-6,10H2,1-2H3/t15-/m1/s1. The molecule has 0 aromatic heterocycles. The summed E-state index contributed by atoms with van der Waals surface area (Å²) in [7, 11) is -3.78. The number of carbonyl (C=O) groups is 2. The summed E-state index contributed by atoms with van der Waals surface area (Å²) >= 11 is 0. The maximum Gasteiger partial charge on any atom is 0.321 e. The van der Waals surface area contributed by atoms with Gasteiger partial charge in [-0.3, -0.25) is 9.59 Å². The molecule has 0 heterocycles. The van der Waals surface area contributed by atoms with Crippen LogP contribution in [0.1, 0.15) is 36.8 Å². The van der Waals surface area contributed by atoms with E-state index in [0.717, 1.165) is 24.0 Å². The number of Topliss-reactive ketones (excluding diaryl/α,β-unsaturated/α-hetero) is 1. The second-order valence-corrected chi connectivity index (χ2v) is 7.53. The maximum absolute atomic E-state index is 12.2. The molecule has 0 amide bonds. The number of ketones is 1. The molecule has 7 heteroatoms. The number of hydrogen-bond donors (Lipinski definition) is 1. The van der Waals surface area contributed by atoms with Gasteiger partial charge in [-0.25, -0.2) is 8.42 Å². The lowest BCUT2D eigenvalue weighted by molar-refractivity contribution is -0.155. The molecule has 1 aromatic rings. The molecule has 126 valence electrons. The molecule has 0 radical (unpaired) electrons. The SMILES string of the molecule is Cc1ccc(S(=O)(=O)NCC(=O)O[C@@H]2CCCCC2=O)cc1C. The van der Waals surface area contributed by atoms with Crippen molar-refractivity contribution in [1.82, 2.24) is 4.72 Å². The first-order valence-electron chi connectivity index (χ1n) is 7.59. The number of benzene rings is 1. The van der Waals surface area contributed by atoms with E-state index in [1.54, 1.807) is 12.1 Å².